The second-order valence-corrected chi connectivity index (χ2v) is 10.6. The molecule has 4 aromatic rings. The first-order valence-corrected chi connectivity index (χ1v) is 12.6. The molecule has 33 heavy (non-hydrogen) atoms. The minimum absolute atomic E-state index is 0.173. The Bertz CT molecular complexity index is 1350. The molecule has 0 saturated carbocycles. The molecule has 2 aromatic heterocycles. The first-order valence-electron chi connectivity index (χ1n) is 11.2. The second kappa shape index (κ2) is 9.02. The molecule has 0 bridgehead atoms. The molecule has 0 fully saturated rings. The third-order valence-electron chi connectivity index (χ3n) is 5.85. The molecule has 0 amide bonds. The van der Waals surface area contributed by atoms with Crippen LogP contribution in [-0.2, 0) is 23.0 Å². The normalized spacial score (nSPS) is 12.1. The lowest BCUT2D eigenvalue weighted by atomic mass is 10.1. The molecule has 2 heterocycles. The summed E-state index contributed by atoms with van der Waals surface area (Å²) in [6, 6.07) is 12.9. The summed E-state index contributed by atoms with van der Waals surface area (Å²) in [6.45, 7) is 10.8. The van der Waals surface area contributed by atoms with Crippen LogP contribution in [0.1, 0.15) is 43.4 Å². The van der Waals surface area contributed by atoms with Gasteiger partial charge in [-0.3, -0.25) is 8.99 Å². The average molecular weight is 467 g/mol. The van der Waals surface area contributed by atoms with Crippen molar-refractivity contribution in [3.05, 3.63) is 71.2 Å². The molecule has 4 rings (SSSR count). The lowest BCUT2D eigenvalue weighted by Gasteiger charge is -2.26. The lowest BCUT2D eigenvalue weighted by Crippen LogP contribution is -2.34. The Morgan fingerprint density at radius 2 is 1.82 bits per heavy atom. The number of aryl methyl sites for hydroxylation is 3. The minimum Gasteiger partial charge on any atom is -0.361 e. The summed E-state index contributed by atoms with van der Waals surface area (Å²) in [7, 11) is -3.74. The zero-order valence-corrected chi connectivity index (χ0v) is 20.6. The fraction of sp³-hybridized carbons (Fsp3) is 0.360. The summed E-state index contributed by atoms with van der Waals surface area (Å²) in [4.78, 5) is 0.257. The van der Waals surface area contributed by atoms with Gasteiger partial charge in [-0.25, -0.2) is 8.42 Å². The van der Waals surface area contributed by atoms with Gasteiger partial charge in [-0.2, -0.15) is 5.10 Å². The van der Waals surface area contributed by atoms with Crippen LogP contribution in [0.4, 0.5) is 5.69 Å². The third-order valence-corrected chi connectivity index (χ3v) is 7.64. The quantitative estimate of drug-likeness (QED) is 0.361. The zero-order valence-electron chi connectivity index (χ0n) is 19.7. The van der Waals surface area contributed by atoms with E-state index >= 15 is 0 Å². The molecule has 8 heteroatoms. The highest BCUT2D eigenvalue weighted by Gasteiger charge is 2.26. The Morgan fingerprint density at radius 3 is 2.42 bits per heavy atom. The van der Waals surface area contributed by atoms with Crippen molar-refractivity contribution in [3.8, 4) is 0 Å². The van der Waals surface area contributed by atoms with E-state index in [-0.39, 0.29) is 10.8 Å². The number of anilines is 1. The summed E-state index contributed by atoms with van der Waals surface area (Å²) in [5.41, 5.74) is 4.52. The second-order valence-electron chi connectivity index (χ2n) is 8.78. The van der Waals surface area contributed by atoms with E-state index in [4.69, 9.17) is 4.52 Å². The van der Waals surface area contributed by atoms with Crippen LogP contribution in [0.15, 0.2) is 58.1 Å². The number of aromatic nitrogens is 3. The molecule has 0 unspecified atom stereocenters. The minimum atomic E-state index is -3.74. The maximum Gasteiger partial charge on any atom is 0.264 e. The van der Waals surface area contributed by atoms with Gasteiger partial charge in [0.25, 0.3) is 10.0 Å². The van der Waals surface area contributed by atoms with Crippen LogP contribution >= 0.6 is 0 Å². The Labute approximate surface area is 195 Å². The third kappa shape index (κ3) is 4.53. The first-order chi connectivity index (χ1) is 15.7. The van der Waals surface area contributed by atoms with E-state index in [9.17, 15) is 8.42 Å². The zero-order chi connectivity index (χ0) is 23.8. The average Bonchev–Trinajstić information content (AvgIpc) is 3.35. The van der Waals surface area contributed by atoms with Gasteiger partial charge in [0.1, 0.15) is 5.76 Å². The number of nitrogens with zero attached hydrogens (tertiary/aromatic N) is 4. The molecule has 174 valence electrons. The van der Waals surface area contributed by atoms with Crippen molar-refractivity contribution in [1.29, 1.82) is 0 Å². The Morgan fingerprint density at radius 1 is 1.09 bits per heavy atom. The molecule has 0 atom stereocenters. The van der Waals surface area contributed by atoms with Crippen molar-refractivity contribution < 1.29 is 12.9 Å². The summed E-state index contributed by atoms with van der Waals surface area (Å²) in [5, 5.41) is 9.26. The van der Waals surface area contributed by atoms with Gasteiger partial charge in [-0.05, 0) is 62.1 Å². The van der Waals surface area contributed by atoms with Gasteiger partial charge in [0.05, 0.1) is 34.5 Å². The molecular formula is C25H30N4O3S. The van der Waals surface area contributed by atoms with Gasteiger partial charge in [0, 0.05) is 17.5 Å². The molecule has 0 saturated heterocycles. The van der Waals surface area contributed by atoms with Gasteiger partial charge in [-0.1, -0.05) is 38.1 Å². The Kier molecular flexibility index (Phi) is 6.30. The van der Waals surface area contributed by atoms with Crippen molar-refractivity contribution in [2.45, 2.75) is 52.5 Å². The van der Waals surface area contributed by atoms with E-state index in [1.807, 2.05) is 62.7 Å². The predicted octanol–water partition coefficient (Wildman–Crippen LogP) is 5.10. The van der Waals surface area contributed by atoms with Gasteiger partial charge in [0.2, 0.25) is 0 Å². The first kappa shape index (κ1) is 23.0. The van der Waals surface area contributed by atoms with Crippen molar-refractivity contribution >= 4 is 26.6 Å². The SMILES string of the molecule is CCc1ccc(N(CC(C)C)S(=O)(=O)c2ccc3c(cnn3Cc3c(C)noc3C)c2)cc1. The number of fused-ring (bicyclic) bond motifs is 1. The van der Waals surface area contributed by atoms with Crippen LogP contribution in [0.5, 0.6) is 0 Å². The van der Waals surface area contributed by atoms with Crippen molar-refractivity contribution in [2.75, 3.05) is 10.8 Å². The summed E-state index contributed by atoms with van der Waals surface area (Å²) < 4.78 is 36.0. The fourth-order valence-corrected chi connectivity index (χ4v) is 5.59. The monoisotopic (exact) mass is 466 g/mol. The molecular weight excluding hydrogens is 436 g/mol. The molecule has 7 nitrogen and oxygen atoms in total. The smallest absolute Gasteiger partial charge is 0.264 e. The van der Waals surface area contributed by atoms with Crippen LogP contribution in [0.3, 0.4) is 0 Å². The van der Waals surface area contributed by atoms with E-state index in [0.29, 0.717) is 18.8 Å². The molecule has 0 aliphatic rings. The Balaban J connectivity index is 1.71. The lowest BCUT2D eigenvalue weighted by molar-refractivity contribution is 0.392. The number of sulfonamides is 1. The number of hydrogen-bond acceptors (Lipinski definition) is 5. The van der Waals surface area contributed by atoms with Gasteiger partial charge in [-0.15, -0.1) is 0 Å². The van der Waals surface area contributed by atoms with Crippen LogP contribution in [-0.4, -0.2) is 29.9 Å². The molecule has 0 N–H and O–H groups in total. The largest absolute Gasteiger partial charge is 0.361 e. The molecule has 0 aliphatic carbocycles. The van der Waals surface area contributed by atoms with E-state index in [1.165, 1.54) is 9.87 Å². The van der Waals surface area contributed by atoms with Crippen molar-refractivity contribution in [3.63, 3.8) is 0 Å². The highest BCUT2D eigenvalue weighted by Crippen LogP contribution is 2.28. The van der Waals surface area contributed by atoms with Crippen LogP contribution in [0, 0.1) is 19.8 Å². The molecule has 0 radical (unpaired) electrons. The highest BCUT2D eigenvalue weighted by atomic mass is 32.2. The van der Waals surface area contributed by atoms with Crippen LogP contribution in [0.25, 0.3) is 10.9 Å². The van der Waals surface area contributed by atoms with E-state index in [2.05, 4.69) is 17.2 Å². The van der Waals surface area contributed by atoms with E-state index < -0.39 is 10.0 Å². The number of rotatable bonds is 8. The van der Waals surface area contributed by atoms with Crippen LogP contribution < -0.4 is 4.31 Å². The molecule has 0 spiro atoms. The van der Waals surface area contributed by atoms with Crippen molar-refractivity contribution in [2.24, 2.45) is 5.92 Å². The van der Waals surface area contributed by atoms with Gasteiger partial charge in [0.15, 0.2) is 0 Å². The number of benzene rings is 2. The maximum atomic E-state index is 13.7. The number of hydrogen-bond donors (Lipinski definition) is 0. The summed E-state index contributed by atoms with van der Waals surface area (Å²) in [6.07, 6.45) is 2.61. The standard InChI is InChI=1S/C25H30N4O3S/c1-6-20-7-9-22(10-8-20)29(15-17(2)3)33(30,31)23-11-12-25-21(13-23)14-26-28(25)16-24-18(4)27-32-19(24)5/h7-14,17H,6,15-16H2,1-5H3. The molecule has 0 aliphatic heterocycles. The van der Waals surface area contributed by atoms with E-state index in [1.54, 1.807) is 18.3 Å². The molecule has 2 aromatic carbocycles. The predicted molar refractivity (Wildman–Crippen MR) is 130 cm³/mol. The van der Waals surface area contributed by atoms with Crippen LogP contribution in [0.2, 0.25) is 0 Å². The van der Waals surface area contributed by atoms with Crippen molar-refractivity contribution in [1.82, 2.24) is 14.9 Å². The van der Waals surface area contributed by atoms with Gasteiger partial charge >= 0.3 is 0 Å². The summed E-state index contributed by atoms with van der Waals surface area (Å²) >= 11 is 0. The van der Waals surface area contributed by atoms with E-state index in [0.717, 1.165) is 34.3 Å². The maximum absolute atomic E-state index is 13.7. The Hall–Kier alpha value is -3.13. The highest BCUT2D eigenvalue weighted by molar-refractivity contribution is 7.92. The summed E-state index contributed by atoms with van der Waals surface area (Å²) in [5.74, 6) is 0.931. The van der Waals surface area contributed by atoms with Gasteiger partial charge < -0.3 is 4.52 Å². The fourth-order valence-electron chi connectivity index (χ4n) is 3.93. The topological polar surface area (TPSA) is 81.2 Å².